The van der Waals surface area contributed by atoms with E-state index >= 15 is 0 Å². The number of anilines is 1. The Balaban J connectivity index is 2.05. The Hall–Kier alpha value is -1.08. The number of piperidine rings is 1. The van der Waals surface area contributed by atoms with Crippen LogP contribution in [0.4, 0.5) is 5.95 Å². The minimum atomic E-state index is -3.31. The Morgan fingerprint density at radius 3 is 3.00 bits per heavy atom. The molecule has 0 aliphatic carbocycles. The molecule has 0 aromatic carbocycles. The van der Waals surface area contributed by atoms with Crippen LogP contribution < -0.4 is 10.0 Å². The number of sulfonamides is 1. The van der Waals surface area contributed by atoms with E-state index in [0.29, 0.717) is 13.0 Å². The fourth-order valence-electron chi connectivity index (χ4n) is 1.62. The second-order valence-electron chi connectivity index (χ2n) is 3.55. The molecular weight excluding hydrogens is 216 g/mol. The molecule has 1 aromatic rings. The van der Waals surface area contributed by atoms with Gasteiger partial charge < -0.3 is 10.3 Å². The number of aromatic nitrogens is 2. The first-order valence-electron chi connectivity index (χ1n) is 4.90. The van der Waals surface area contributed by atoms with Crippen LogP contribution in [0.25, 0.3) is 0 Å². The van der Waals surface area contributed by atoms with Crippen LogP contribution in [0.2, 0.25) is 0 Å². The average molecular weight is 230 g/mol. The van der Waals surface area contributed by atoms with Gasteiger partial charge in [-0.25, -0.2) is 13.4 Å². The summed E-state index contributed by atoms with van der Waals surface area (Å²) < 4.78 is 26.1. The van der Waals surface area contributed by atoms with E-state index in [0.717, 1.165) is 13.0 Å². The van der Waals surface area contributed by atoms with Crippen molar-refractivity contribution >= 4 is 16.0 Å². The lowest BCUT2D eigenvalue weighted by atomic mass is 10.2. The maximum Gasteiger partial charge on any atom is 0.239 e. The lowest BCUT2D eigenvalue weighted by Gasteiger charge is -2.22. The molecule has 0 saturated carbocycles. The fourth-order valence-corrected chi connectivity index (χ4v) is 2.99. The molecule has 1 aromatic heterocycles. The van der Waals surface area contributed by atoms with E-state index in [1.807, 2.05) is 0 Å². The molecule has 84 valence electrons. The standard InChI is InChI=1S/C8H14N4O2S/c13-15(14,7-2-1-3-9-6-7)12-8-10-4-5-11-8/h4-5,7,9H,1-3,6H2,(H2,10,11,12). The smallest absolute Gasteiger partial charge is 0.239 e. The van der Waals surface area contributed by atoms with E-state index < -0.39 is 10.0 Å². The van der Waals surface area contributed by atoms with Gasteiger partial charge in [-0.15, -0.1) is 0 Å². The summed E-state index contributed by atoms with van der Waals surface area (Å²) in [5, 5.41) is 2.71. The first kappa shape index (κ1) is 10.4. The highest BCUT2D eigenvalue weighted by Crippen LogP contribution is 2.13. The van der Waals surface area contributed by atoms with Crippen LogP contribution in [-0.4, -0.2) is 36.7 Å². The Labute approximate surface area is 88.5 Å². The topological polar surface area (TPSA) is 86.9 Å². The third-order valence-electron chi connectivity index (χ3n) is 2.43. The van der Waals surface area contributed by atoms with E-state index in [1.165, 1.54) is 6.20 Å². The molecule has 2 heterocycles. The SMILES string of the molecule is O=S(=O)(Nc1ncc[nH]1)C1CCCNC1. The largest absolute Gasteiger partial charge is 0.330 e. The van der Waals surface area contributed by atoms with Crippen LogP contribution in [0.1, 0.15) is 12.8 Å². The van der Waals surface area contributed by atoms with Gasteiger partial charge in [0.05, 0.1) is 5.25 Å². The summed E-state index contributed by atoms with van der Waals surface area (Å²) in [4.78, 5) is 6.54. The van der Waals surface area contributed by atoms with Crippen molar-refractivity contribution in [2.45, 2.75) is 18.1 Å². The summed E-state index contributed by atoms with van der Waals surface area (Å²) in [6.45, 7) is 1.41. The summed E-state index contributed by atoms with van der Waals surface area (Å²) >= 11 is 0. The fraction of sp³-hybridized carbons (Fsp3) is 0.625. The highest BCUT2D eigenvalue weighted by atomic mass is 32.2. The molecular formula is C8H14N4O2S. The van der Waals surface area contributed by atoms with E-state index in [-0.39, 0.29) is 11.2 Å². The predicted octanol–water partition coefficient (Wildman–Crippen LogP) is -0.0966. The highest BCUT2D eigenvalue weighted by Gasteiger charge is 2.27. The Kier molecular flexibility index (Phi) is 2.92. The van der Waals surface area contributed by atoms with Gasteiger partial charge in [-0.3, -0.25) is 4.72 Å². The van der Waals surface area contributed by atoms with Crippen molar-refractivity contribution in [3.8, 4) is 0 Å². The lowest BCUT2D eigenvalue weighted by molar-refractivity contribution is 0.499. The molecule has 0 radical (unpaired) electrons. The maximum absolute atomic E-state index is 11.8. The normalized spacial score (nSPS) is 22.5. The molecule has 1 fully saturated rings. The van der Waals surface area contributed by atoms with Crippen molar-refractivity contribution < 1.29 is 8.42 Å². The lowest BCUT2D eigenvalue weighted by Crippen LogP contribution is -2.41. The zero-order valence-corrected chi connectivity index (χ0v) is 9.05. The summed E-state index contributed by atoms with van der Waals surface area (Å²) in [6, 6.07) is 0. The van der Waals surface area contributed by atoms with Gasteiger partial charge >= 0.3 is 0 Å². The molecule has 2 rings (SSSR count). The number of hydrogen-bond acceptors (Lipinski definition) is 4. The molecule has 0 spiro atoms. The van der Waals surface area contributed by atoms with Gasteiger partial charge in [0, 0.05) is 18.9 Å². The number of aromatic amines is 1. The van der Waals surface area contributed by atoms with Crippen LogP contribution in [0.5, 0.6) is 0 Å². The molecule has 1 atom stereocenters. The molecule has 7 heteroatoms. The maximum atomic E-state index is 11.8. The second kappa shape index (κ2) is 4.19. The first-order valence-corrected chi connectivity index (χ1v) is 6.45. The number of hydrogen-bond donors (Lipinski definition) is 3. The molecule has 3 N–H and O–H groups in total. The van der Waals surface area contributed by atoms with E-state index in [9.17, 15) is 8.42 Å². The molecule has 15 heavy (non-hydrogen) atoms. The van der Waals surface area contributed by atoms with Crippen LogP contribution in [0.3, 0.4) is 0 Å². The molecule has 1 aliphatic rings. The van der Waals surface area contributed by atoms with Crippen molar-refractivity contribution in [3.63, 3.8) is 0 Å². The number of nitrogens with zero attached hydrogens (tertiary/aromatic N) is 1. The van der Waals surface area contributed by atoms with Crippen molar-refractivity contribution in [1.82, 2.24) is 15.3 Å². The van der Waals surface area contributed by atoms with Crippen LogP contribution in [0.15, 0.2) is 12.4 Å². The van der Waals surface area contributed by atoms with Crippen LogP contribution in [-0.2, 0) is 10.0 Å². The average Bonchev–Trinajstić information content (AvgIpc) is 2.71. The monoisotopic (exact) mass is 230 g/mol. The zero-order chi connectivity index (χ0) is 10.7. The first-order chi connectivity index (χ1) is 7.18. The van der Waals surface area contributed by atoms with Crippen molar-refractivity contribution in [2.24, 2.45) is 0 Å². The number of imidazole rings is 1. The van der Waals surface area contributed by atoms with Crippen LogP contribution in [0, 0.1) is 0 Å². The Morgan fingerprint density at radius 1 is 1.53 bits per heavy atom. The number of nitrogens with one attached hydrogen (secondary N) is 3. The van der Waals surface area contributed by atoms with Gasteiger partial charge in [0.25, 0.3) is 0 Å². The van der Waals surface area contributed by atoms with Gasteiger partial charge in [-0.05, 0) is 19.4 Å². The number of H-pyrrole nitrogens is 1. The summed E-state index contributed by atoms with van der Waals surface area (Å²) in [7, 11) is -3.31. The van der Waals surface area contributed by atoms with Crippen molar-refractivity contribution in [3.05, 3.63) is 12.4 Å². The van der Waals surface area contributed by atoms with Crippen molar-refractivity contribution in [1.29, 1.82) is 0 Å². The van der Waals surface area contributed by atoms with Gasteiger partial charge in [0.1, 0.15) is 0 Å². The highest BCUT2D eigenvalue weighted by molar-refractivity contribution is 7.93. The van der Waals surface area contributed by atoms with E-state index in [4.69, 9.17) is 0 Å². The summed E-state index contributed by atoms with van der Waals surface area (Å²) in [5.41, 5.74) is 0. The van der Waals surface area contributed by atoms with Crippen LogP contribution >= 0.6 is 0 Å². The second-order valence-corrected chi connectivity index (χ2v) is 5.51. The predicted molar refractivity (Wildman–Crippen MR) is 57.0 cm³/mol. The Morgan fingerprint density at radius 2 is 2.40 bits per heavy atom. The molecule has 0 bridgehead atoms. The quantitative estimate of drug-likeness (QED) is 0.677. The van der Waals surface area contributed by atoms with E-state index in [1.54, 1.807) is 6.20 Å². The minimum absolute atomic E-state index is 0.278. The minimum Gasteiger partial charge on any atom is -0.330 e. The van der Waals surface area contributed by atoms with Gasteiger partial charge in [-0.2, -0.15) is 0 Å². The summed E-state index contributed by atoms with van der Waals surface area (Å²) in [6.07, 6.45) is 4.68. The zero-order valence-electron chi connectivity index (χ0n) is 8.23. The molecule has 6 nitrogen and oxygen atoms in total. The van der Waals surface area contributed by atoms with E-state index in [2.05, 4.69) is 20.0 Å². The van der Waals surface area contributed by atoms with Crippen molar-refractivity contribution in [2.75, 3.05) is 17.8 Å². The Bertz CT molecular complexity index is 394. The van der Waals surface area contributed by atoms with Gasteiger partial charge in [0.15, 0.2) is 0 Å². The third-order valence-corrected chi connectivity index (χ3v) is 4.19. The molecule has 1 aliphatic heterocycles. The molecule has 1 unspecified atom stereocenters. The van der Waals surface area contributed by atoms with Gasteiger partial charge in [0.2, 0.25) is 16.0 Å². The number of rotatable bonds is 3. The summed E-state index contributed by atoms with van der Waals surface area (Å²) in [5.74, 6) is 0.278. The molecule has 1 saturated heterocycles. The third kappa shape index (κ3) is 2.48. The van der Waals surface area contributed by atoms with Gasteiger partial charge in [-0.1, -0.05) is 0 Å². The molecule has 0 amide bonds.